The van der Waals surface area contributed by atoms with Crippen molar-refractivity contribution in [1.82, 2.24) is 4.90 Å². The monoisotopic (exact) mass is 409 g/mol. The number of amides is 2. The summed E-state index contributed by atoms with van der Waals surface area (Å²) in [6.45, 7) is 3.31. The van der Waals surface area contributed by atoms with E-state index in [2.05, 4.69) is 22.3 Å². The number of anilines is 2. The van der Waals surface area contributed by atoms with Crippen LogP contribution in [0.25, 0.3) is 0 Å². The summed E-state index contributed by atoms with van der Waals surface area (Å²) in [4.78, 5) is 29.8. The van der Waals surface area contributed by atoms with Gasteiger partial charge in [0.15, 0.2) is 0 Å². The first kappa shape index (κ1) is 20.0. The molecule has 0 atom stereocenters. The summed E-state index contributed by atoms with van der Waals surface area (Å²) in [6.07, 6.45) is 5.25. The van der Waals surface area contributed by atoms with Gasteiger partial charge in [0.2, 0.25) is 5.91 Å². The predicted octanol–water partition coefficient (Wildman–Crippen LogP) is 4.38. The van der Waals surface area contributed by atoms with Crippen molar-refractivity contribution in [3.63, 3.8) is 0 Å². The maximum Gasteiger partial charge on any atom is 0.255 e. The molecule has 0 aromatic heterocycles. The Morgan fingerprint density at radius 3 is 2.48 bits per heavy atom. The van der Waals surface area contributed by atoms with Crippen LogP contribution in [0.2, 0.25) is 0 Å². The molecule has 0 spiro atoms. The van der Waals surface area contributed by atoms with Crippen molar-refractivity contribution < 1.29 is 9.59 Å². The molecule has 6 heteroatoms. The summed E-state index contributed by atoms with van der Waals surface area (Å²) in [5.41, 5.74) is 3.41. The van der Waals surface area contributed by atoms with Crippen molar-refractivity contribution in [1.29, 1.82) is 0 Å². The highest BCUT2D eigenvalue weighted by Crippen LogP contribution is 2.35. The molecule has 2 aliphatic heterocycles. The molecule has 2 heterocycles. The Bertz CT molecular complexity index is 889. The first-order valence-corrected chi connectivity index (χ1v) is 11.2. The van der Waals surface area contributed by atoms with E-state index in [1.807, 2.05) is 24.3 Å². The predicted molar refractivity (Wildman–Crippen MR) is 119 cm³/mol. The molecule has 1 saturated heterocycles. The molecule has 2 aromatic carbocycles. The van der Waals surface area contributed by atoms with Crippen molar-refractivity contribution in [3.05, 3.63) is 53.6 Å². The van der Waals surface area contributed by atoms with Crippen LogP contribution in [0.1, 0.15) is 41.6 Å². The number of likely N-dealkylation sites (tertiary alicyclic amines) is 1. The Hall–Kier alpha value is -2.31. The van der Waals surface area contributed by atoms with Gasteiger partial charge in [-0.3, -0.25) is 14.5 Å². The lowest BCUT2D eigenvalue weighted by atomic mass is 10.1. The number of rotatable bonds is 4. The number of carbonyl (C=O) groups excluding carboxylic acids is 2. The van der Waals surface area contributed by atoms with Crippen LogP contribution in [0.4, 0.5) is 11.4 Å². The summed E-state index contributed by atoms with van der Waals surface area (Å²) in [6, 6.07) is 13.7. The summed E-state index contributed by atoms with van der Waals surface area (Å²) < 4.78 is 0. The minimum absolute atomic E-state index is 0.0556. The third-order valence-corrected chi connectivity index (χ3v) is 6.67. The highest BCUT2D eigenvalue weighted by molar-refractivity contribution is 8.00. The molecule has 5 nitrogen and oxygen atoms in total. The Kier molecular flexibility index (Phi) is 6.21. The fraction of sp³-hybridized carbons (Fsp3) is 0.391. The van der Waals surface area contributed by atoms with E-state index in [0.29, 0.717) is 11.3 Å². The van der Waals surface area contributed by atoms with Crippen molar-refractivity contribution in [2.75, 3.05) is 36.1 Å². The van der Waals surface area contributed by atoms with Crippen molar-refractivity contribution in [3.8, 4) is 0 Å². The Balaban J connectivity index is 1.40. The lowest BCUT2D eigenvalue weighted by Gasteiger charge is -2.25. The highest BCUT2D eigenvalue weighted by Gasteiger charge is 2.22. The smallest absolute Gasteiger partial charge is 0.255 e. The van der Waals surface area contributed by atoms with Gasteiger partial charge in [-0.15, -0.1) is 11.8 Å². The zero-order chi connectivity index (χ0) is 20.2. The zero-order valence-electron chi connectivity index (χ0n) is 16.8. The molecule has 0 unspecified atom stereocenters. The van der Waals surface area contributed by atoms with Gasteiger partial charge in [0.1, 0.15) is 0 Å². The molecule has 2 aromatic rings. The third kappa shape index (κ3) is 4.82. The lowest BCUT2D eigenvalue weighted by molar-refractivity contribution is -0.116. The maximum atomic E-state index is 12.7. The van der Waals surface area contributed by atoms with Gasteiger partial charge in [-0.1, -0.05) is 25.0 Å². The van der Waals surface area contributed by atoms with Gasteiger partial charge in [-0.25, -0.2) is 0 Å². The summed E-state index contributed by atoms with van der Waals surface area (Å²) >= 11 is 1.52. The van der Waals surface area contributed by atoms with Crippen LogP contribution in [0.3, 0.4) is 0 Å². The summed E-state index contributed by atoms with van der Waals surface area (Å²) in [7, 11) is 1.76. The fourth-order valence-electron chi connectivity index (χ4n) is 3.86. The van der Waals surface area contributed by atoms with Gasteiger partial charge < -0.3 is 10.2 Å². The second kappa shape index (κ2) is 9.01. The van der Waals surface area contributed by atoms with Crippen molar-refractivity contribution in [2.24, 2.45) is 0 Å². The van der Waals surface area contributed by atoms with E-state index < -0.39 is 0 Å². The van der Waals surface area contributed by atoms with Gasteiger partial charge in [-0.05, 0) is 61.8 Å². The number of nitrogens with one attached hydrogen (secondary N) is 1. The maximum absolute atomic E-state index is 12.7. The van der Waals surface area contributed by atoms with E-state index in [9.17, 15) is 9.59 Å². The molecule has 152 valence electrons. The molecular formula is C23H27N3O2S. The number of hydrogen-bond acceptors (Lipinski definition) is 4. The second-order valence-electron chi connectivity index (χ2n) is 7.77. The molecule has 0 saturated carbocycles. The molecule has 2 amide bonds. The third-order valence-electron chi connectivity index (χ3n) is 5.62. The van der Waals surface area contributed by atoms with E-state index in [1.54, 1.807) is 18.0 Å². The number of nitrogens with zero attached hydrogens (tertiary/aromatic N) is 2. The van der Waals surface area contributed by atoms with Crippen LogP contribution in [-0.2, 0) is 11.3 Å². The SMILES string of the molecule is CN1C(=O)CSc2ccc(C(=O)Nc3ccc(CN4CCCCCC4)cc3)cc21. The Morgan fingerprint density at radius 2 is 1.76 bits per heavy atom. The Morgan fingerprint density at radius 1 is 1.03 bits per heavy atom. The topological polar surface area (TPSA) is 52.7 Å². The quantitative estimate of drug-likeness (QED) is 0.814. The van der Waals surface area contributed by atoms with Crippen molar-refractivity contribution in [2.45, 2.75) is 37.1 Å². The average Bonchev–Trinajstić information content (AvgIpc) is 3.01. The molecule has 0 aliphatic carbocycles. The molecule has 2 aliphatic rings. The number of benzene rings is 2. The Labute approximate surface area is 176 Å². The van der Waals surface area contributed by atoms with E-state index in [4.69, 9.17) is 0 Å². The van der Waals surface area contributed by atoms with Crippen LogP contribution in [0, 0.1) is 0 Å². The summed E-state index contributed by atoms with van der Waals surface area (Å²) in [5, 5.41) is 2.97. The number of hydrogen-bond donors (Lipinski definition) is 1. The molecular weight excluding hydrogens is 382 g/mol. The first-order valence-electron chi connectivity index (χ1n) is 10.3. The first-order chi connectivity index (χ1) is 14.1. The van der Waals surface area contributed by atoms with Crippen molar-refractivity contribution >= 4 is 35.0 Å². The van der Waals surface area contributed by atoms with Gasteiger partial charge in [0.25, 0.3) is 5.91 Å². The minimum atomic E-state index is -0.163. The van der Waals surface area contributed by atoms with Gasteiger partial charge in [0, 0.05) is 29.7 Å². The van der Waals surface area contributed by atoms with Gasteiger partial charge in [0.05, 0.1) is 11.4 Å². The van der Waals surface area contributed by atoms with Crippen LogP contribution in [-0.4, -0.2) is 42.6 Å². The van der Waals surface area contributed by atoms with Crippen LogP contribution >= 0.6 is 11.8 Å². The van der Waals surface area contributed by atoms with Crippen LogP contribution in [0.5, 0.6) is 0 Å². The molecule has 0 bridgehead atoms. The fourth-order valence-corrected chi connectivity index (χ4v) is 4.84. The van der Waals surface area contributed by atoms with E-state index in [-0.39, 0.29) is 11.8 Å². The van der Waals surface area contributed by atoms with Gasteiger partial charge in [-0.2, -0.15) is 0 Å². The number of thioether (sulfide) groups is 1. The number of fused-ring (bicyclic) bond motifs is 1. The van der Waals surface area contributed by atoms with E-state index in [0.717, 1.165) is 22.8 Å². The molecule has 29 heavy (non-hydrogen) atoms. The van der Waals surface area contributed by atoms with Gasteiger partial charge >= 0.3 is 0 Å². The molecule has 0 radical (unpaired) electrons. The van der Waals surface area contributed by atoms with E-state index >= 15 is 0 Å². The van der Waals surface area contributed by atoms with E-state index in [1.165, 1.54) is 56.1 Å². The van der Waals surface area contributed by atoms with Crippen LogP contribution in [0.15, 0.2) is 47.4 Å². The summed E-state index contributed by atoms with van der Waals surface area (Å²) in [5.74, 6) is 0.336. The second-order valence-corrected chi connectivity index (χ2v) is 8.78. The average molecular weight is 410 g/mol. The minimum Gasteiger partial charge on any atom is -0.322 e. The lowest BCUT2D eigenvalue weighted by Crippen LogP contribution is -2.31. The van der Waals surface area contributed by atoms with Crippen LogP contribution < -0.4 is 10.2 Å². The zero-order valence-corrected chi connectivity index (χ0v) is 17.6. The molecule has 4 rings (SSSR count). The normalized spacial score (nSPS) is 17.6. The number of carbonyl (C=O) groups is 2. The molecule has 1 N–H and O–H groups in total. The standard InChI is InChI=1S/C23H27N3O2S/c1-25-20-14-18(8-11-21(20)29-16-22(25)27)23(28)24-19-9-6-17(7-10-19)15-26-12-4-2-3-5-13-26/h6-11,14H,2-5,12-13,15-16H2,1H3,(H,24,28). The molecule has 1 fully saturated rings. The largest absolute Gasteiger partial charge is 0.322 e. The highest BCUT2D eigenvalue weighted by atomic mass is 32.2.